The zero-order chi connectivity index (χ0) is 17.9. The van der Waals surface area contributed by atoms with Crippen LogP contribution in [0.25, 0.3) is 0 Å². The van der Waals surface area contributed by atoms with E-state index >= 15 is 0 Å². The fourth-order valence-electron chi connectivity index (χ4n) is 4.25. The van der Waals surface area contributed by atoms with Crippen LogP contribution >= 0.6 is 27.5 Å². The van der Waals surface area contributed by atoms with Crippen LogP contribution in [0.2, 0.25) is 5.02 Å². The number of benzene rings is 1. The first kappa shape index (κ1) is 16.8. The van der Waals surface area contributed by atoms with Gasteiger partial charge in [0.15, 0.2) is 0 Å². The van der Waals surface area contributed by atoms with E-state index in [1.54, 1.807) is 25.2 Å². The second-order valence-electron chi connectivity index (χ2n) is 6.81. The molecular formula is C18H16BrClN2O3. The summed E-state index contributed by atoms with van der Waals surface area (Å²) in [6.45, 7) is -0.243. The van der Waals surface area contributed by atoms with Crippen molar-refractivity contribution in [2.45, 2.75) is 6.42 Å². The fourth-order valence-corrected chi connectivity index (χ4v) is 5.05. The van der Waals surface area contributed by atoms with Crippen molar-refractivity contribution >= 4 is 50.9 Å². The number of allylic oxidation sites excluding steroid dienone is 2. The van der Waals surface area contributed by atoms with Crippen LogP contribution in [-0.2, 0) is 14.4 Å². The number of halogens is 2. The molecule has 0 aromatic heterocycles. The Balaban J connectivity index is 1.51. The third-order valence-electron chi connectivity index (χ3n) is 5.50. The predicted octanol–water partition coefficient (Wildman–Crippen LogP) is 2.87. The summed E-state index contributed by atoms with van der Waals surface area (Å²) in [6.07, 6.45) is 4.95. The van der Waals surface area contributed by atoms with Gasteiger partial charge in [-0.3, -0.25) is 19.3 Å². The minimum atomic E-state index is -0.341. The highest BCUT2D eigenvalue weighted by molar-refractivity contribution is 9.10. The standard InChI is InChI=1S/C18H16BrClN2O3/c1-21(13-5-4-11(19)7-12(13)20)14(23)8-22-17(24)15-9-2-3-10(6-9)16(15)18(22)25/h2-5,7,9-10,15-16H,6,8H2,1H3. The van der Waals surface area contributed by atoms with E-state index in [9.17, 15) is 14.4 Å². The average Bonchev–Trinajstić information content (AvgIpc) is 3.24. The highest BCUT2D eigenvalue weighted by Gasteiger charge is 2.59. The fraction of sp³-hybridized carbons (Fsp3) is 0.389. The van der Waals surface area contributed by atoms with Gasteiger partial charge < -0.3 is 4.90 Å². The Labute approximate surface area is 158 Å². The third-order valence-corrected chi connectivity index (χ3v) is 6.30. The molecule has 0 spiro atoms. The lowest BCUT2D eigenvalue weighted by Gasteiger charge is -2.23. The van der Waals surface area contributed by atoms with Crippen molar-refractivity contribution < 1.29 is 14.4 Å². The van der Waals surface area contributed by atoms with Crippen molar-refractivity contribution in [1.82, 2.24) is 4.90 Å². The first-order chi connectivity index (χ1) is 11.9. The van der Waals surface area contributed by atoms with Gasteiger partial charge in [0, 0.05) is 11.5 Å². The Hall–Kier alpha value is -1.66. The molecule has 25 heavy (non-hydrogen) atoms. The Morgan fingerprint density at radius 2 is 1.84 bits per heavy atom. The van der Waals surface area contributed by atoms with Gasteiger partial charge >= 0.3 is 0 Å². The number of carbonyl (C=O) groups excluding carboxylic acids is 3. The van der Waals surface area contributed by atoms with Gasteiger partial charge in [-0.1, -0.05) is 39.7 Å². The summed E-state index contributed by atoms with van der Waals surface area (Å²) in [4.78, 5) is 40.5. The van der Waals surface area contributed by atoms with Gasteiger partial charge in [0.1, 0.15) is 6.54 Å². The zero-order valence-corrected chi connectivity index (χ0v) is 15.8. The smallest absolute Gasteiger partial charge is 0.246 e. The van der Waals surface area contributed by atoms with Gasteiger partial charge in [-0.15, -0.1) is 0 Å². The van der Waals surface area contributed by atoms with Crippen molar-refractivity contribution in [3.63, 3.8) is 0 Å². The van der Waals surface area contributed by atoms with Crippen LogP contribution in [0.1, 0.15) is 6.42 Å². The lowest BCUT2D eigenvalue weighted by atomic mass is 9.85. The van der Waals surface area contributed by atoms with Crippen molar-refractivity contribution in [3.05, 3.63) is 39.8 Å². The molecular weight excluding hydrogens is 408 g/mol. The molecule has 1 aromatic carbocycles. The number of carbonyl (C=O) groups is 3. The number of rotatable bonds is 3. The monoisotopic (exact) mass is 422 g/mol. The maximum absolute atomic E-state index is 12.7. The van der Waals surface area contributed by atoms with Crippen molar-refractivity contribution in [3.8, 4) is 0 Å². The van der Waals surface area contributed by atoms with E-state index in [0.717, 1.165) is 15.8 Å². The number of hydrogen-bond acceptors (Lipinski definition) is 3. The maximum Gasteiger partial charge on any atom is 0.246 e. The van der Waals surface area contributed by atoms with E-state index in [0.29, 0.717) is 10.7 Å². The van der Waals surface area contributed by atoms with Crippen molar-refractivity contribution in [2.75, 3.05) is 18.5 Å². The molecule has 2 bridgehead atoms. The molecule has 0 N–H and O–H groups in total. The van der Waals surface area contributed by atoms with Gasteiger partial charge in [-0.2, -0.15) is 0 Å². The molecule has 1 saturated carbocycles. The molecule has 1 aromatic rings. The minimum Gasteiger partial charge on any atom is -0.312 e. The molecule has 4 rings (SSSR count). The molecule has 4 unspecified atom stereocenters. The lowest BCUT2D eigenvalue weighted by molar-refractivity contribution is -0.143. The Morgan fingerprint density at radius 1 is 1.24 bits per heavy atom. The average molecular weight is 424 g/mol. The molecule has 130 valence electrons. The first-order valence-electron chi connectivity index (χ1n) is 8.13. The van der Waals surface area contributed by atoms with Crippen LogP contribution in [0.3, 0.4) is 0 Å². The Bertz CT molecular complexity index is 795. The van der Waals surface area contributed by atoms with E-state index < -0.39 is 0 Å². The summed E-state index contributed by atoms with van der Waals surface area (Å²) >= 11 is 9.51. The summed E-state index contributed by atoms with van der Waals surface area (Å²) in [6, 6.07) is 5.20. The molecule has 3 aliphatic rings. The van der Waals surface area contributed by atoms with E-state index in [2.05, 4.69) is 15.9 Å². The number of likely N-dealkylation sites (tertiary alicyclic amines) is 1. The molecule has 2 fully saturated rings. The molecule has 1 aliphatic heterocycles. The Morgan fingerprint density at radius 3 is 2.40 bits per heavy atom. The number of imide groups is 1. The zero-order valence-electron chi connectivity index (χ0n) is 13.5. The van der Waals surface area contributed by atoms with Crippen molar-refractivity contribution in [1.29, 1.82) is 0 Å². The van der Waals surface area contributed by atoms with Gasteiger partial charge in [0.05, 0.1) is 22.5 Å². The van der Waals surface area contributed by atoms with Crippen LogP contribution in [0.15, 0.2) is 34.8 Å². The maximum atomic E-state index is 12.7. The molecule has 0 radical (unpaired) electrons. The molecule has 4 atom stereocenters. The summed E-state index contributed by atoms with van der Waals surface area (Å²) in [7, 11) is 1.59. The van der Waals surface area contributed by atoms with Crippen LogP contribution < -0.4 is 4.90 Å². The highest BCUT2D eigenvalue weighted by Crippen LogP contribution is 2.52. The molecule has 1 saturated heterocycles. The summed E-state index contributed by atoms with van der Waals surface area (Å²) in [5.74, 6) is -1.04. The lowest BCUT2D eigenvalue weighted by Crippen LogP contribution is -2.42. The van der Waals surface area contributed by atoms with Crippen LogP contribution in [0.4, 0.5) is 5.69 Å². The predicted molar refractivity (Wildman–Crippen MR) is 97.0 cm³/mol. The number of anilines is 1. The second kappa shape index (κ2) is 5.95. The molecule has 5 nitrogen and oxygen atoms in total. The third kappa shape index (κ3) is 2.54. The number of fused-ring (bicyclic) bond motifs is 5. The normalized spacial score (nSPS) is 29.5. The molecule has 1 heterocycles. The minimum absolute atomic E-state index is 0.144. The number of likely N-dealkylation sites (N-methyl/N-ethyl adjacent to an activating group) is 1. The van der Waals surface area contributed by atoms with Crippen molar-refractivity contribution in [2.24, 2.45) is 23.7 Å². The number of nitrogens with zero attached hydrogens (tertiary/aromatic N) is 2. The van der Waals surface area contributed by atoms with E-state index in [1.165, 1.54) is 4.90 Å². The summed E-state index contributed by atoms with van der Waals surface area (Å²) in [5, 5.41) is 0.420. The number of hydrogen-bond donors (Lipinski definition) is 0. The first-order valence-corrected chi connectivity index (χ1v) is 9.30. The second-order valence-corrected chi connectivity index (χ2v) is 8.13. The summed E-state index contributed by atoms with van der Waals surface area (Å²) < 4.78 is 0.808. The topological polar surface area (TPSA) is 57.7 Å². The van der Waals surface area contributed by atoms with Gasteiger partial charge in [-0.05, 0) is 36.5 Å². The largest absolute Gasteiger partial charge is 0.312 e. The highest BCUT2D eigenvalue weighted by atomic mass is 79.9. The quantitative estimate of drug-likeness (QED) is 0.555. The van der Waals surface area contributed by atoms with Gasteiger partial charge in [0.25, 0.3) is 0 Å². The van der Waals surface area contributed by atoms with Crippen LogP contribution in [0, 0.1) is 23.7 Å². The SMILES string of the molecule is CN(C(=O)CN1C(=O)C2C3C=CC(C3)C2C1=O)c1ccc(Br)cc1Cl. The van der Waals surface area contributed by atoms with Crippen LogP contribution in [-0.4, -0.2) is 36.2 Å². The molecule has 7 heteroatoms. The van der Waals surface area contributed by atoms with E-state index in [-0.39, 0.29) is 47.9 Å². The van der Waals surface area contributed by atoms with Gasteiger partial charge in [0.2, 0.25) is 17.7 Å². The van der Waals surface area contributed by atoms with Gasteiger partial charge in [-0.25, -0.2) is 0 Å². The number of amides is 3. The van der Waals surface area contributed by atoms with E-state index in [1.807, 2.05) is 12.2 Å². The molecule has 2 aliphatic carbocycles. The van der Waals surface area contributed by atoms with Crippen LogP contribution in [0.5, 0.6) is 0 Å². The van der Waals surface area contributed by atoms with E-state index in [4.69, 9.17) is 11.6 Å². The summed E-state index contributed by atoms with van der Waals surface area (Å²) in [5.41, 5.74) is 0.538. The molecule has 3 amide bonds. The Kier molecular flexibility index (Phi) is 4.00.